The van der Waals surface area contributed by atoms with E-state index in [4.69, 9.17) is 0 Å². The van der Waals surface area contributed by atoms with E-state index in [1.165, 1.54) is 0 Å². The van der Waals surface area contributed by atoms with Gasteiger partial charge in [0.05, 0.1) is 0 Å². The van der Waals surface area contributed by atoms with Crippen LogP contribution in [-0.4, -0.2) is 20.4 Å². The molecule has 0 aromatic heterocycles. The molecule has 0 aromatic carbocycles. The Morgan fingerprint density at radius 2 is 1.21 bits per heavy atom. The molecule has 0 saturated heterocycles. The first-order valence-corrected chi connectivity index (χ1v) is 5.50. The van der Waals surface area contributed by atoms with E-state index in [0.29, 0.717) is 6.42 Å². The monoisotopic (exact) mass is 205 g/mol. The molecule has 1 N–H and O–H groups in total. The normalized spacial score (nSPS) is 7.79. The Balaban J connectivity index is -0.0000000603. The van der Waals surface area contributed by atoms with Crippen molar-refractivity contribution in [1.82, 2.24) is 5.32 Å². The summed E-state index contributed by atoms with van der Waals surface area (Å²) in [6.45, 7) is 14.1. The van der Waals surface area contributed by atoms with Gasteiger partial charge in [-0.1, -0.05) is 48.5 Å². The molecule has 0 amide bonds. The molecule has 0 aromatic rings. The predicted octanol–water partition coefficient (Wildman–Crippen LogP) is 3.51. The van der Waals surface area contributed by atoms with Crippen LogP contribution in [0.3, 0.4) is 0 Å². The highest BCUT2D eigenvalue weighted by Gasteiger charge is 2.06. The molecule has 90 valence electrons. The fourth-order valence-electron chi connectivity index (χ4n) is 0.250. The van der Waals surface area contributed by atoms with Gasteiger partial charge in [-0.25, -0.2) is 0 Å². The highest BCUT2D eigenvalue weighted by Crippen LogP contribution is 2.15. The summed E-state index contributed by atoms with van der Waals surface area (Å²) in [4.78, 5) is 9.82. The Morgan fingerprint density at radius 1 is 1.00 bits per heavy atom. The summed E-state index contributed by atoms with van der Waals surface area (Å²) < 4.78 is 0. The quantitative estimate of drug-likeness (QED) is 0.664. The molecular formula is C12H31NO. The zero-order chi connectivity index (χ0) is 12.6. The maximum Gasteiger partial charge on any atom is 0.120 e. The lowest BCUT2D eigenvalue weighted by Crippen LogP contribution is -2.04. The van der Waals surface area contributed by atoms with Gasteiger partial charge in [0, 0.05) is 6.42 Å². The average Bonchev–Trinajstić information content (AvgIpc) is 2.11. The number of carbonyl (C=O) groups excluding carboxylic acids is 1. The van der Waals surface area contributed by atoms with Crippen molar-refractivity contribution in [3.8, 4) is 0 Å². The van der Waals surface area contributed by atoms with E-state index in [9.17, 15) is 4.79 Å². The summed E-state index contributed by atoms with van der Waals surface area (Å²) in [6.07, 6.45) is 1.62. The zero-order valence-electron chi connectivity index (χ0n) is 11.7. The number of hydrogen-bond acceptors (Lipinski definition) is 2. The van der Waals surface area contributed by atoms with Crippen LogP contribution in [0, 0.1) is 5.41 Å². The fraction of sp³-hybridized carbons (Fsp3) is 0.917. The molecule has 0 bridgehead atoms. The smallest absolute Gasteiger partial charge is 0.120 e. The van der Waals surface area contributed by atoms with Gasteiger partial charge in [-0.2, -0.15) is 0 Å². The van der Waals surface area contributed by atoms with Gasteiger partial charge >= 0.3 is 0 Å². The van der Waals surface area contributed by atoms with Gasteiger partial charge in [-0.05, 0) is 19.5 Å². The van der Waals surface area contributed by atoms with Gasteiger partial charge in [-0.15, -0.1) is 0 Å². The van der Waals surface area contributed by atoms with Crippen molar-refractivity contribution in [3.63, 3.8) is 0 Å². The second-order valence-electron chi connectivity index (χ2n) is 3.43. The Labute approximate surface area is 91.5 Å². The van der Waals surface area contributed by atoms with Crippen molar-refractivity contribution in [2.24, 2.45) is 5.41 Å². The molecule has 0 rings (SSSR count). The molecule has 0 unspecified atom stereocenters. The Morgan fingerprint density at radius 3 is 1.21 bits per heavy atom. The van der Waals surface area contributed by atoms with Crippen LogP contribution in [0.2, 0.25) is 0 Å². The molecular weight excluding hydrogens is 174 g/mol. The number of hydrogen-bond donors (Lipinski definition) is 1. The molecule has 0 heterocycles. The summed E-state index contributed by atoms with van der Waals surface area (Å²) in [5, 5.41) is 2.75. The van der Waals surface area contributed by atoms with Crippen molar-refractivity contribution >= 4 is 6.29 Å². The van der Waals surface area contributed by atoms with Crippen molar-refractivity contribution in [2.45, 2.75) is 54.9 Å². The Hall–Kier alpha value is -0.370. The van der Waals surface area contributed by atoms with Crippen LogP contribution in [0.1, 0.15) is 54.9 Å². The lowest BCUT2D eigenvalue weighted by atomic mass is 9.93. The first-order valence-electron chi connectivity index (χ1n) is 5.50. The minimum absolute atomic E-state index is 0.182. The SMILES string of the molecule is CC.CC.CC(C)(C)CC=O.CNC. The second-order valence-corrected chi connectivity index (χ2v) is 3.43. The largest absolute Gasteiger partial charge is 0.323 e. The van der Waals surface area contributed by atoms with Crippen molar-refractivity contribution in [3.05, 3.63) is 0 Å². The maximum atomic E-state index is 9.82. The van der Waals surface area contributed by atoms with E-state index in [1.807, 2.05) is 62.6 Å². The first-order chi connectivity index (χ1) is 6.47. The van der Waals surface area contributed by atoms with Crippen molar-refractivity contribution in [1.29, 1.82) is 0 Å². The molecule has 0 spiro atoms. The Bertz CT molecular complexity index is 74.9. The molecule has 2 nitrogen and oxygen atoms in total. The van der Waals surface area contributed by atoms with E-state index >= 15 is 0 Å². The van der Waals surface area contributed by atoms with Gasteiger partial charge < -0.3 is 10.1 Å². The number of rotatable bonds is 1. The molecule has 0 saturated carbocycles. The second kappa shape index (κ2) is 22.9. The van der Waals surface area contributed by atoms with Crippen LogP contribution in [0.15, 0.2) is 0 Å². The van der Waals surface area contributed by atoms with Crippen molar-refractivity contribution < 1.29 is 4.79 Å². The summed E-state index contributed by atoms with van der Waals surface area (Å²) in [5.74, 6) is 0. The highest BCUT2D eigenvalue weighted by atomic mass is 16.1. The molecule has 0 atom stereocenters. The third-order valence-electron chi connectivity index (χ3n) is 0.696. The van der Waals surface area contributed by atoms with Crippen LogP contribution in [0.4, 0.5) is 0 Å². The van der Waals surface area contributed by atoms with E-state index in [-0.39, 0.29) is 5.41 Å². The van der Waals surface area contributed by atoms with E-state index in [0.717, 1.165) is 6.29 Å². The topological polar surface area (TPSA) is 29.1 Å². The van der Waals surface area contributed by atoms with Gasteiger partial charge in [-0.3, -0.25) is 0 Å². The zero-order valence-corrected chi connectivity index (χ0v) is 11.7. The predicted molar refractivity (Wildman–Crippen MR) is 67.8 cm³/mol. The standard InChI is InChI=1S/C6H12O.C2H7N.2C2H6/c1-6(2,3)4-5-7;1-3-2;2*1-2/h5H,4H2,1-3H3;3H,1-2H3;2*1-2H3. The van der Waals surface area contributed by atoms with E-state index in [2.05, 4.69) is 5.32 Å². The highest BCUT2D eigenvalue weighted by molar-refractivity contribution is 5.50. The lowest BCUT2D eigenvalue weighted by Gasteiger charge is -2.11. The number of aldehydes is 1. The van der Waals surface area contributed by atoms with Crippen LogP contribution < -0.4 is 5.32 Å². The van der Waals surface area contributed by atoms with E-state index < -0.39 is 0 Å². The summed E-state index contributed by atoms with van der Waals surface area (Å²) in [6, 6.07) is 0. The van der Waals surface area contributed by atoms with Crippen LogP contribution in [0.25, 0.3) is 0 Å². The summed E-state index contributed by atoms with van der Waals surface area (Å²) >= 11 is 0. The minimum Gasteiger partial charge on any atom is -0.323 e. The third kappa shape index (κ3) is 99.7. The molecule has 0 aliphatic carbocycles. The summed E-state index contributed by atoms with van der Waals surface area (Å²) in [7, 11) is 3.75. The number of carbonyl (C=O) groups is 1. The lowest BCUT2D eigenvalue weighted by molar-refractivity contribution is -0.109. The van der Waals surface area contributed by atoms with Crippen LogP contribution >= 0.6 is 0 Å². The van der Waals surface area contributed by atoms with Crippen LogP contribution in [-0.2, 0) is 4.79 Å². The van der Waals surface area contributed by atoms with Gasteiger partial charge in [0.2, 0.25) is 0 Å². The first kappa shape index (κ1) is 23.4. The molecule has 0 radical (unpaired) electrons. The molecule has 14 heavy (non-hydrogen) atoms. The molecule has 2 heteroatoms. The van der Waals surface area contributed by atoms with E-state index in [1.54, 1.807) is 0 Å². The molecule has 0 aliphatic rings. The Kier molecular flexibility index (Phi) is 38.4. The molecule has 0 fully saturated rings. The average molecular weight is 205 g/mol. The number of nitrogens with one attached hydrogen (secondary N) is 1. The van der Waals surface area contributed by atoms with Gasteiger partial charge in [0.15, 0.2) is 0 Å². The van der Waals surface area contributed by atoms with Crippen LogP contribution in [0.5, 0.6) is 0 Å². The maximum absolute atomic E-state index is 9.82. The third-order valence-corrected chi connectivity index (χ3v) is 0.696. The summed E-state index contributed by atoms with van der Waals surface area (Å²) in [5.41, 5.74) is 0.182. The fourth-order valence-corrected chi connectivity index (χ4v) is 0.250. The van der Waals surface area contributed by atoms with Crippen molar-refractivity contribution in [2.75, 3.05) is 14.1 Å². The minimum atomic E-state index is 0.182. The van der Waals surface area contributed by atoms with Gasteiger partial charge in [0.1, 0.15) is 6.29 Å². The van der Waals surface area contributed by atoms with Gasteiger partial charge in [0.25, 0.3) is 0 Å². The molecule has 0 aliphatic heterocycles.